The van der Waals surface area contributed by atoms with Crippen LogP contribution in [0.1, 0.15) is 39.2 Å². The van der Waals surface area contributed by atoms with Gasteiger partial charge in [0.1, 0.15) is 12.3 Å². The summed E-state index contributed by atoms with van der Waals surface area (Å²) in [4.78, 5) is 27.7. The first-order valence-electron chi connectivity index (χ1n) is 9.61. The minimum atomic E-state index is -0.184. The molecule has 144 valence electrons. The second kappa shape index (κ2) is 9.57. The highest BCUT2D eigenvalue weighted by atomic mass is 16.5. The molecule has 1 aliphatic rings. The number of ether oxygens (including phenoxy) is 1. The number of benzene rings is 1. The summed E-state index contributed by atoms with van der Waals surface area (Å²) in [6.07, 6.45) is 2.03. The van der Waals surface area contributed by atoms with Crippen LogP contribution in [0.2, 0.25) is 0 Å². The summed E-state index contributed by atoms with van der Waals surface area (Å²) >= 11 is 0. The van der Waals surface area contributed by atoms with Crippen molar-refractivity contribution >= 4 is 17.5 Å². The molecule has 1 aliphatic heterocycles. The predicted molar refractivity (Wildman–Crippen MR) is 103 cm³/mol. The lowest BCUT2D eigenvalue weighted by Gasteiger charge is -2.29. The summed E-state index contributed by atoms with van der Waals surface area (Å²) < 4.78 is 5.46. The molecule has 0 spiro atoms. The van der Waals surface area contributed by atoms with Crippen molar-refractivity contribution in [1.29, 1.82) is 0 Å². The third-order valence-electron chi connectivity index (χ3n) is 4.93. The number of fused-ring (bicyclic) bond motifs is 1. The van der Waals surface area contributed by atoms with Crippen molar-refractivity contribution in [1.82, 2.24) is 5.32 Å². The highest BCUT2D eigenvalue weighted by Gasteiger charge is 2.27. The van der Waals surface area contributed by atoms with E-state index < -0.39 is 0 Å². The summed E-state index contributed by atoms with van der Waals surface area (Å²) in [5.41, 5.74) is 1.70. The first-order valence-corrected chi connectivity index (χ1v) is 9.61. The van der Waals surface area contributed by atoms with Gasteiger partial charge in [0, 0.05) is 6.04 Å². The number of rotatable bonds is 9. The highest BCUT2D eigenvalue weighted by molar-refractivity contribution is 6.02. The fraction of sp³-hybridized carbons (Fsp3) is 0.600. The number of aryl methyl sites for hydroxylation is 1. The van der Waals surface area contributed by atoms with E-state index in [1.54, 1.807) is 4.90 Å². The van der Waals surface area contributed by atoms with Gasteiger partial charge in [-0.1, -0.05) is 6.07 Å². The summed E-state index contributed by atoms with van der Waals surface area (Å²) in [7, 11) is 0. The Bertz CT molecular complexity index is 629. The second-order valence-electron chi connectivity index (χ2n) is 7.06. The van der Waals surface area contributed by atoms with Crippen LogP contribution in [-0.2, 0) is 9.59 Å². The Morgan fingerprint density at radius 2 is 2.08 bits per heavy atom. The maximum atomic E-state index is 12.4. The van der Waals surface area contributed by atoms with Gasteiger partial charge in [0.25, 0.3) is 5.91 Å². The molecule has 0 saturated carbocycles. The fourth-order valence-corrected chi connectivity index (χ4v) is 3.28. The molecule has 6 nitrogen and oxygen atoms in total. The van der Waals surface area contributed by atoms with Crippen LogP contribution in [0.3, 0.4) is 0 Å². The molecule has 1 aromatic rings. The van der Waals surface area contributed by atoms with E-state index in [0.717, 1.165) is 38.0 Å². The van der Waals surface area contributed by atoms with Gasteiger partial charge in [0.2, 0.25) is 5.91 Å². The van der Waals surface area contributed by atoms with Crippen molar-refractivity contribution in [2.45, 2.75) is 46.6 Å². The van der Waals surface area contributed by atoms with E-state index in [0.29, 0.717) is 11.4 Å². The molecule has 0 aliphatic carbocycles. The largest absolute Gasteiger partial charge is 0.482 e. The fourth-order valence-electron chi connectivity index (χ4n) is 3.28. The van der Waals surface area contributed by atoms with E-state index >= 15 is 0 Å². The number of anilines is 1. The van der Waals surface area contributed by atoms with Crippen LogP contribution < -0.4 is 19.9 Å². The van der Waals surface area contributed by atoms with E-state index in [1.807, 2.05) is 32.0 Å². The molecule has 0 fully saturated rings. The Hall–Kier alpha value is -2.08. The number of hydrogen-bond acceptors (Lipinski definition) is 3. The summed E-state index contributed by atoms with van der Waals surface area (Å²) in [5, 5.41) is 3.02. The van der Waals surface area contributed by atoms with E-state index in [4.69, 9.17) is 4.74 Å². The Morgan fingerprint density at radius 1 is 1.35 bits per heavy atom. The number of nitrogens with zero attached hydrogens (tertiary/aromatic N) is 1. The first kappa shape index (κ1) is 20.2. The van der Waals surface area contributed by atoms with Gasteiger partial charge in [-0.3, -0.25) is 14.5 Å². The maximum Gasteiger partial charge on any atom is 0.265 e. The second-order valence-corrected chi connectivity index (χ2v) is 7.06. The van der Waals surface area contributed by atoms with Crippen LogP contribution in [-0.4, -0.2) is 50.6 Å². The van der Waals surface area contributed by atoms with Crippen molar-refractivity contribution in [2.75, 3.05) is 37.7 Å². The standard InChI is InChI=1S/C20H31N3O3/c1-5-22(6-2)11-7-8-16(4)21-19(24)13-23-17-12-15(3)9-10-18(17)26-14-20(23)25/h9-10,12,16H,5-8,11,13-14H2,1-4H3,(H,21,24)/p+1/t16-/m0/s1. The molecule has 0 radical (unpaired) electrons. The van der Waals surface area contributed by atoms with Crippen LogP contribution in [0, 0.1) is 6.92 Å². The number of carbonyl (C=O) groups is 2. The average Bonchev–Trinajstić information content (AvgIpc) is 2.61. The summed E-state index contributed by atoms with van der Waals surface area (Å²) in [6, 6.07) is 5.77. The topological polar surface area (TPSA) is 63.1 Å². The van der Waals surface area contributed by atoms with Crippen LogP contribution in [0.25, 0.3) is 0 Å². The number of hydrogen-bond donors (Lipinski definition) is 2. The molecule has 6 heteroatoms. The van der Waals surface area contributed by atoms with Crippen molar-refractivity contribution in [3.63, 3.8) is 0 Å². The van der Waals surface area contributed by atoms with E-state index in [2.05, 4.69) is 19.2 Å². The molecular weight excluding hydrogens is 330 g/mol. The van der Waals surface area contributed by atoms with Crippen LogP contribution in [0.4, 0.5) is 5.69 Å². The van der Waals surface area contributed by atoms with Crippen LogP contribution in [0.5, 0.6) is 5.75 Å². The van der Waals surface area contributed by atoms with Gasteiger partial charge >= 0.3 is 0 Å². The predicted octanol–water partition coefficient (Wildman–Crippen LogP) is 0.930. The van der Waals surface area contributed by atoms with Gasteiger partial charge in [0.15, 0.2) is 6.61 Å². The lowest BCUT2D eigenvalue weighted by atomic mass is 10.1. The number of carbonyl (C=O) groups excluding carboxylic acids is 2. The third kappa shape index (κ3) is 5.46. The number of amides is 2. The van der Waals surface area contributed by atoms with Gasteiger partial charge in [-0.2, -0.15) is 0 Å². The molecular formula is C20H32N3O3+. The SMILES string of the molecule is CC[NH+](CC)CCC[C@H](C)NC(=O)CN1C(=O)COc2ccc(C)cc21. The smallest absolute Gasteiger partial charge is 0.265 e. The minimum Gasteiger partial charge on any atom is -0.482 e. The molecule has 1 heterocycles. The van der Waals surface area contributed by atoms with E-state index in [9.17, 15) is 9.59 Å². The molecule has 0 aromatic heterocycles. The van der Waals surface area contributed by atoms with E-state index in [1.165, 1.54) is 4.90 Å². The van der Waals surface area contributed by atoms with Gasteiger partial charge in [-0.15, -0.1) is 0 Å². The number of quaternary nitrogens is 1. The van der Waals surface area contributed by atoms with Crippen LogP contribution >= 0.6 is 0 Å². The Kier molecular flexibility index (Phi) is 7.45. The molecule has 0 unspecified atom stereocenters. The molecule has 1 aromatic carbocycles. The Morgan fingerprint density at radius 3 is 2.77 bits per heavy atom. The molecule has 2 amide bonds. The quantitative estimate of drug-likeness (QED) is 0.687. The van der Waals surface area contributed by atoms with Crippen LogP contribution in [0.15, 0.2) is 18.2 Å². The summed E-state index contributed by atoms with van der Waals surface area (Å²) in [5.74, 6) is 0.338. The van der Waals surface area contributed by atoms with Gasteiger partial charge in [-0.25, -0.2) is 0 Å². The Balaban J connectivity index is 1.87. The third-order valence-corrected chi connectivity index (χ3v) is 4.93. The minimum absolute atomic E-state index is 0.0223. The number of nitrogens with one attached hydrogen (secondary N) is 2. The van der Waals surface area contributed by atoms with Crippen molar-refractivity contribution in [3.8, 4) is 5.75 Å². The van der Waals surface area contributed by atoms with Crippen molar-refractivity contribution in [2.24, 2.45) is 0 Å². The Labute approximate surface area is 156 Å². The zero-order chi connectivity index (χ0) is 19.1. The summed E-state index contributed by atoms with van der Waals surface area (Å²) in [6.45, 7) is 11.8. The molecule has 1 atom stereocenters. The van der Waals surface area contributed by atoms with Gasteiger partial charge in [0.05, 0.1) is 25.3 Å². The van der Waals surface area contributed by atoms with Gasteiger partial charge in [-0.05, 0) is 58.2 Å². The van der Waals surface area contributed by atoms with Gasteiger partial charge < -0.3 is 15.0 Å². The molecule has 26 heavy (non-hydrogen) atoms. The maximum absolute atomic E-state index is 12.4. The average molecular weight is 362 g/mol. The van der Waals surface area contributed by atoms with E-state index in [-0.39, 0.29) is 31.0 Å². The molecule has 0 saturated heterocycles. The molecule has 2 rings (SSSR count). The monoisotopic (exact) mass is 362 g/mol. The highest BCUT2D eigenvalue weighted by Crippen LogP contribution is 2.32. The normalized spacial score (nSPS) is 14.8. The zero-order valence-corrected chi connectivity index (χ0v) is 16.4. The van der Waals surface area contributed by atoms with Crippen molar-refractivity contribution in [3.05, 3.63) is 23.8 Å². The zero-order valence-electron chi connectivity index (χ0n) is 16.4. The first-order chi connectivity index (χ1) is 12.4. The molecule has 2 N–H and O–H groups in total. The molecule has 0 bridgehead atoms. The lowest BCUT2D eigenvalue weighted by molar-refractivity contribution is -0.896. The van der Waals surface area contributed by atoms with Crippen molar-refractivity contribution < 1.29 is 19.2 Å². The lowest BCUT2D eigenvalue weighted by Crippen LogP contribution is -3.11.